The van der Waals surface area contributed by atoms with E-state index < -0.39 is 5.60 Å². The maximum absolute atomic E-state index is 9.07. The third kappa shape index (κ3) is 2.99. The molecule has 0 radical (unpaired) electrons. The van der Waals surface area contributed by atoms with Crippen LogP contribution in [-0.4, -0.2) is 22.4 Å². The van der Waals surface area contributed by atoms with Crippen molar-refractivity contribution in [3.8, 4) is 0 Å². The molecule has 2 nitrogen and oxygen atoms in total. The summed E-state index contributed by atoms with van der Waals surface area (Å²) >= 11 is 0. The second-order valence-corrected chi connectivity index (χ2v) is 2.41. The molecule has 0 aliphatic rings. The summed E-state index contributed by atoms with van der Waals surface area (Å²) in [6.45, 7) is 3.47. The van der Waals surface area contributed by atoms with E-state index in [0.29, 0.717) is 6.42 Å². The number of hydrogen-bond donors (Lipinski definition) is 2. The molecular weight excluding hydrogens is 104 g/mol. The Labute approximate surface area is 50.2 Å². The summed E-state index contributed by atoms with van der Waals surface area (Å²) in [5.41, 5.74) is -0.852. The van der Waals surface area contributed by atoms with Gasteiger partial charge in [-0.15, -0.1) is 0 Å². The van der Waals surface area contributed by atoms with Gasteiger partial charge in [0.05, 0.1) is 12.2 Å². The smallest absolute Gasteiger partial charge is 0.0849 e. The van der Waals surface area contributed by atoms with E-state index in [9.17, 15) is 0 Å². The van der Waals surface area contributed by atoms with Gasteiger partial charge in [-0.25, -0.2) is 0 Å². The number of rotatable bonds is 3. The minimum atomic E-state index is -0.852. The number of aliphatic hydroxyl groups is 2. The summed E-state index contributed by atoms with van der Waals surface area (Å²) in [6.07, 6.45) is 1.58. The van der Waals surface area contributed by atoms with Crippen LogP contribution >= 0.6 is 0 Å². The standard InChI is InChI=1S/C6H14O2/c1-3-4-6(2,8)5-7/h7-8H,3-5H2,1-2H3/t6-/m0/s1. The zero-order valence-corrected chi connectivity index (χ0v) is 5.52. The monoisotopic (exact) mass is 118 g/mol. The lowest BCUT2D eigenvalue weighted by Crippen LogP contribution is -2.28. The van der Waals surface area contributed by atoms with Crippen molar-refractivity contribution in [2.24, 2.45) is 0 Å². The van der Waals surface area contributed by atoms with Gasteiger partial charge in [-0.05, 0) is 13.3 Å². The Morgan fingerprint density at radius 1 is 1.50 bits per heavy atom. The predicted octanol–water partition coefficient (Wildman–Crippen LogP) is 0.530. The van der Waals surface area contributed by atoms with E-state index in [2.05, 4.69) is 0 Å². The summed E-state index contributed by atoms with van der Waals surface area (Å²) < 4.78 is 0. The second-order valence-electron chi connectivity index (χ2n) is 2.41. The van der Waals surface area contributed by atoms with E-state index in [4.69, 9.17) is 10.2 Å². The molecule has 0 bridgehead atoms. The van der Waals surface area contributed by atoms with Crippen LogP contribution in [0.3, 0.4) is 0 Å². The molecule has 0 aromatic carbocycles. The normalized spacial score (nSPS) is 18.0. The Bertz CT molecular complexity index is 59.5. The Hall–Kier alpha value is -0.0800. The molecule has 0 amide bonds. The van der Waals surface area contributed by atoms with Gasteiger partial charge in [0.25, 0.3) is 0 Å². The minimum Gasteiger partial charge on any atom is -0.393 e. The van der Waals surface area contributed by atoms with E-state index in [1.807, 2.05) is 6.92 Å². The lowest BCUT2D eigenvalue weighted by atomic mass is 10.0. The van der Waals surface area contributed by atoms with Gasteiger partial charge in [-0.1, -0.05) is 13.3 Å². The van der Waals surface area contributed by atoms with Crippen LogP contribution in [0.15, 0.2) is 0 Å². The number of aliphatic hydroxyl groups excluding tert-OH is 1. The maximum Gasteiger partial charge on any atom is 0.0849 e. The van der Waals surface area contributed by atoms with Crippen LogP contribution in [-0.2, 0) is 0 Å². The molecule has 0 aromatic heterocycles. The topological polar surface area (TPSA) is 40.5 Å². The molecule has 0 saturated heterocycles. The largest absolute Gasteiger partial charge is 0.393 e. The van der Waals surface area contributed by atoms with Crippen molar-refractivity contribution in [1.82, 2.24) is 0 Å². The van der Waals surface area contributed by atoms with Crippen molar-refractivity contribution >= 4 is 0 Å². The van der Waals surface area contributed by atoms with E-state index in [0.717, 1.165) is 6.42 Å². The predicted molar refractivity (Wildman–Crippen MR) is 32.6 cm³/mol. The van der Waals surface area contributed by atoms with Gasteiger partial charge >= 0.3 is 0 Å². The Morgan fingerprint density at radius 2 is 2.00 bits per heavy atom. The fourth-order valence-electron chi connectivity index (χ4n) is 0.618. The fourth-order valence-corrected chi connectivity index (χ4v) is 0.618. The molecule has 8 heavy (non-hydrogen) atoms. The molecule has 2 heteroatoms. The van der Waals surface area contributed by atoms with Gasteiger partial charge < -0.3 is 10.2 Å². The van der Waals surface area contributed by atoms with Crippen LogP contribution in [0.4, 0.5) is 0 Å². The summed E-state index contributed by atoms with van der Waals surface area (Å²) in [5.74, 6) is 0. The van der Waals surface area contributed by atoms with Crippen molar-refractivity contribution in [3.05, 3.63) is 0 Å². The molecule has 0 unspecified atom stereocenters. The quantitative estimate of drug-likeness (QED) is 0.567. The maximum atomic E-state index is 9.07. The molecule has 0 saturated carbocycles. The molecule has 50 valence electrons. The fraction of sp³-hybridized carbons (Fsp3) is 1.00. The second kappa shape index (κ2) is 3.05. The van der Waals surface area contributed by atoms with E-state index in [1.54, 1.807) is 6.92 Å². The highest BCUT2D eigenvalue weighted by molar-refractivity contribution is 4.68. The van der Waals surface area contributed by atoms with Crippen molar-refractivity contribution in [2.75, 3.05) is 6.61 Å². The zero-order valence-electron chi connectivity index (χ0n) is 5.52. The summed E-state index contributed by atoms with van der Waals surface area (Å²) in [5, 5.41) is 17.5. The molecule has 0 fully saturated rings. The molecule has 2 N–H and O–H groups in total. The first-order valence-electron chi connectivity index (χ1n) is 2.95. The molecule has 0 heterocycles. The first-order chi connectivity index (χ1) is 3.62. The van der Waals surface area contributed by atoms with Gasteiger partial charge in [0.15, 0.2) is 0 Å². The van der Waals surface area contributed by atoms with Crippen molar-refractivity contribution in [1.29, 1.82) is 0 Å². The van der Waals surface area contributed by atoms with Gasteiger partial charge in [0.1, 0.15) is 0 Å². The van der Waals surface area contributed by atoms with Crippen LogP contribution in [0.2, 0.25) is 0 Å². The van der Waals surface area contributed by atoms with Crippen LogP contribution in [0, 0.1) is 0 Å². The van der Waals surface area contributed by atoms with Crippen molar-refractivity contribution in [3.63, 3.8) is 0 Å². The molecule has 0 aliphatic carbocycles. The van der Waals surface area contributed by atoms with Gasteiger partial charge in [0.2, 0.25) is 0 Å². The van der Waals surface area contributed by atoms with Crippen molar-refractivity contribution in [2.45, 2.75) is 32.3 Å². The third-order valence-electron chi connectivity index (χ3n) is 1.13. The summed E-state index contributed by atoms with van der Waals surface area (Å²) in [4.78, 5) is 0. The SMILES string of the molecule is CCC[C@](C)(O)CO. The first kappa shape index (κ1) is 7.92. The molecule has 0 aliphatic heterocycles. The zero-order chi connectivity index (χ0) is 6.62. The lowest BCUT2D eigenvalue weighted by Gasteiger charge is -2.18. The van der Waals surface area contributed by atoms with Crippen LogP contribution in [0.1, 0.15) is 26.7 Å². The minimum absolute atomic E-state index is 0.138. The third-order valence-corrected chi connectivity index (χ3v) is 1.13. The van der Waals surface area contributed by atoms with Crippen molar-refractivity contribution < 1.29 is 10.2 Å². The van der Waals surface area contributed by atoms with E-state index >= 15 is 0 Å². The van der Waals surface area contributed by atoms with Crippen LogP contribution in [0.25, 0.3) is 0 Å². The summed E-state index contributed by atoms with van der Waals surface area (Å²) in [6, 6.07) is 0. The molecule has 0 aromatic rings. The van der Waals surface area contributed by atoms with Crippen LogP contribution in [0.5, 0.6) is 0 Å². The Balaban J connectivity index is 3.37. The Kier molecular flexibility index (Phi) is 3.02. The molecule has 0 rings (SSSR count). The summed E-state index contributed by atoms with van der Waals surface area (Å²) in [7, 11) is 0. The van der Waals surface area contributed by atoms with E-state index in [1.165, 1.54) is 0 Å². The average Bonchev–Trinajstić information content (AvgIpc) is 1.67. The Morgan fingerprint density at radius 3 is 2.12 bits per heavy atom. The lowest BCUT2D eigenvalue weighted by molar-refractivity contribution is -0.00551. The van der Waals surface area contributed by atoms with Gasteiger partial charge in [0, 0.05) is 0 Å². The van der Waals surface area contributed by atoms with Gasteiger partial charge in [-0.2, -0.15) is 0 Å². The average molecular weight is 118 g/mol. The molecule has 0 spiro atoms. The highest BCUT2D eigenvalue weighted by Gasteiger charge is 2.16. The first-order valence-corrected chi connectivity index (χ1v) is 2.95. The molecular formula is C6H14O2. The highest BCUT2D eigenvalue weighted by atomic mass is 16.3. The van der Waals surface area contributed by atoms with Crippen LogP contribution < -0.4 is 0 Å². The molecule has 1 atom stereocenters. The van der Waals surface area contributed by atoms with E-state index in [-0.39, 0.29) is 6.61 Å². The number of hydrogen-bond acceptors (Lipinski definition) is 2. The van der Waals surface area contributed by atoms with Gasteiger partial charge in [-0.3, -0.25) is 0 Å². The highest BCUT2D eigenvalue weighted by Crippen LogP contribution is 2.08.